The molecule has 0 amide bonds. The van der Waals surface area contributed by atoms with Crippen LogP contribution in [0.5, 0.6) is 0 Å². The molecular formula is C7H14N2O5S2. The molecule has 16 heavy (non-hydrogen) atoms. The zero-order valence-corrected chi connectivity index (χ0v) is 10.3. The molecule has 0 aromatic rings. The third-order valence-electron chi connectivity index (χ3n) is 2.36. The molecule has 94 valence electrons. The van der Waals surface area contributed by atoms with E-state index < -0.39 is 21.0 Å². The van der Waals surface area contributed by atoms with Crippen molar-refractivity contribution < 1.29 is 22.1 Å². The Balaban J connectivity index is 2.00. The van der Waals surface area contributed by atoms with Gasteiger partial charge in [-0.05, 0) is 0 Å². The summed E-state index contributed by atoms with van der Waals surface area (Å²) in [6, 6.07) is 0. The molecule has 2 aliphatic rings. The minimum absolute atomic E-state index is 0.0195. The highest BCUT2D eigenvalue weighted by atomic mass is 32.2. The zero-order chi connectivity index (χ0) is 11.6. The largest absolute Gasteiger partial charge is 0.364 e. The third-order valence-corrected chi connectivity index (χ3v) is 5.36. The Hall–Kier alpha value is -0.0600. The van der Waals surface area contributed by atoms with Crippen molar-refractivity contribution in [1.82, 2.24) is 8.61 Å². The lowest BCUT2D eigenvalue weighted by Gasteiger charge is -2.32. The molecule has 2 rings (SSSR count). The van der Waals surface area contributed by atoms with Gasteiger partial charge in [-0.15, -0.1) is 0 Å². The van der Waals surface area contributed by atoms with Crippen molar-refractivity contribution >= 4 is 21.0 Å². The molecule has 0 radical (unpaired) electrons. The lowest BCUT2D eigenvalue weighted by Crippen LogP contribution is -2.49. The summed E-state index contributed by atoms with van der Waals surface area (Å²) in [5.74, 6) is 0.392. The van der Waals surface area contributed by atoms with Gasteiger partial charge in [0.25, 0.3) is 0 Å². The summed E-state index contributed by atoms with van der Waals surface area (Å²) in [6.45, 7) is 0.953. The summed E-state index contributed by atoms with van der Waals surface area (Å²) < 4.78 is 47.7. The Bertz CT molecular complexity index is 371. The molecule has 1 unspecified atom stereocenters. The summed E-state index contributed by atoms with van der Waals surface area (Å²) >= 11 is 0. The van der Waals surface area contributed by atoms with Crippen molar-refractivity contribution in [2.24, 2.45) is 0 Å². The van der Waals surface area contributed by atoms with E-state index >= 15 is 0 Å². The maximum absolute atomic E-state index is 11.6. The first kappa shape index (κ1) is 12.4. The summed E-state index contributed by atoms with van der Waals surface area (Å²) in [5.41, 5.74) is 0. The smallest absolute Gasteiger partial charge is 0.219 e. The number of hydrogen-bond donors (Lipinski definition) is 0. The molecular weight excluding hydrogens is 256 g/mol. The van der Waals surface area contributed by atoms with Crippen molar-refractivity contribution in [2.45, 2.75) is 0 Å². The number of hydrogen-bond acceptors (Lipinski definition) is 5. The first-order valence-corrected chi connectivity index (χ1v) is 7.75. The second-order valence-electron chi connectivity index (χ2n) is 3.49. The summed E-state index contributed by atoms with van der Waals surface area (Å²) in [5, 5.41) is 0. The SMILES string of the molecule is O=S1CCOCN1CN1COCCS1(=O)=O. The highest BCUT2D eigenvalue weighted by Gasteiger charge is 2.30. The Morgan fingerprint density at radius 2 is 1.94 bits per heavy atom. The fourth-order valence-electron chi connectivity index (χ4n) is 1.43. The molecule has 2 saturated heterocycles. The Morgan fingerprint density at radius 3 is 2.62 bits per heavy atom. The van der Waals surface area contributed by atoms with E-state index in [2.05, 4.69) is 0 Å². The second-order valence-corrected chi connectivity index (χ2v) is 7.15. The van der Waals surface area contributed by atoms with Crippen LogP contribution in [0.25, 0.3) is 0 Å². The Kier molecular flexibility index (Phi) is 3.93. The van der Waals surface area contributed by atoms with E-state index in [1.54, 1.807) is 0 Å². The van der Waals surface area contributed by atoms with E-state index in [9.17, 15) is 12.6 Å². The van der Waals surface area contributed by atoms with E-state index in [0.717, 1.165) is 0 Å². The Labute approximate surface area is 96.9 Å². The van der Waals surface area contributed by atoms with Gasteiger partial charge in [0.15, 0.2) is 0 Å². The van der Waals surface area contributed by atoms with Crippen LogP contribution in [-0.4, -0.2) is 66.1 Å². The minimum Gasteiger partial charge on any atom is -0.364 e. The minimum atomic E-state index is -3.27. The second kappa shape index (κ2) is 5.07. The molecule has 9 heteroatoms. The van der Waals surface area contributed by atoms with Gasteiger partial charge in [-0.2, -0.15) is 8.61 Å². The van der Waals surface area contributed by atoms with Crippen molar-refractivity contribution in [3.05, 3.63) is 0 Å². The normalized spacial score (nSPS) is 32.6. The van der Waals surface area contributed by atoms with Crippen molar-refractivity contribution in [3.8, 4) is 0 Å². The molecule has 7 nitrogen and oxygen atoms in total. The molecule has 0 bridgehead atoms. The first-order valence-electron chi connectivity index (χ1n) is 4.86. The maximum Gasteiger partial charge on any atom is 0.219 e. The first-order chi connectivity index (χ1) is 7.59. The van der Waals surface area contributed by atoms with Crippen molar-refractivity contribution in [1.29, 1.82) is 0 Å². The topological polar surface area (TPSA) is 76.2 Å². The van der Waals surface area contributed by atoms with Crippen LogP contribution in [0.4, 0.5) is 0 Å². The van der Waals surface area contributed by atoms with Crippen LogP contribution in [0.1, 0.15) is 0 Å². The van der Waals surface area contributed by atoms with Crippen LogP contribution in [0.15, 0.2) is 0 Å². The fourth-order valence-corrected chi connectivity index (χ4v) is 3.62. The van der Waals surface area contributed by atoms with Gasteiger partial charge in [-0.1, -0.05) is 0 Å². The summed E-state index contributed by atoms with van der Waals surface area (Å²) in [6.07, 6.45) is 0. The van der Waals surface area contributed by atoms with Gasteiger partial charge in [0, 0.05) is 0 Å². The summed E-state index contributed by atoms with van der Waals surface area (Å²) in [7, 11) is -4.44. The predicted octanol–water partition coefficient (Wildman–Crippen LogP) is -1.48. The van der Waals surface area contributed by atoms with Gasteiger partial charge in [0.1, 0.15) is 13.5 Å². The maximum atomic E-state index is 11.6. The lowest BCUT2D eigenvalue weighted by molar-refractivity contribution is 0.0187. The van der Waals surface area contributed by atoms with Crippen LogP contribution in [0.2, 0.25) is 0 Å². The number of ether oxygens (including phenoxy) is 2. The zero-order valence-electron chi connectivity index (χ0n) is 8.70. The number of rotatable bonds is 2. The van der Waals surface area contributed by atoms with Gasteiger partial charge in [0.2, 0.25) is 10.0 Å². The number of sulfonamides is 1. The van der Waals surface area contributed by atoms with Crippen LogP contribution < -0.4 is 0 Å². The van der Waals surface area contributed by atoms with E-state index in [-0.39, 0.29) is 32.5 Å². The van der Waals surface area contributed by atoms with Crippen molar-refractivity contribution in [3.63, 3.8) is 0 Å². The average molecular weight is 270 g/mol. The van der Waals surface area contributed by atoms with Crippen LogP contribution in [-0.2, 0) is 30.5 Å². The van der Waals surface area contributed by atoms with Gasteiger partial charge in [-0.25, -0.2) is 12.6 Å². The van der Waals surface area contributed by atoms with E-state index in [1.165, 1.54) is 8.61 Å². The quantitative estimate of drug-likeness (QED) is 0.611. The number of nitrogens with zero attached hydrogens (tertiary/aromatic N) is 2. The molecule has 2 fully saturated rings. The van der Waals surface area contributed by atoms with Crippen LogP contribution in [0.3, 0.4) is 0 Å². The van der Waals surface area contributed by atoms with E-state index in [0.29, 0.717) is 12.4 Å². The van der Waals surface area contributed by atoms with Gasteiger partial charge in [-0.3, -0.25) is 0 Å². The molecule has 2 aliphatic heterocycles. The molecule has 0 aromatic heterocycles. The predicted molar refractivity (Wildman–Crippen MR) is 57.0 cm³/mol. The molecule has 0 aromatic carbocycles. The van der Waals surface area contributed by atoms with Gasteiger partial charge >= 0.3 is 0 Å². The molecule has 1 atom stereocenters. The summed E-state index contributed by atoms with van der Waals surface area (Å²) in [4.78, 5) is 0. The highest BCUT2D eigenvalue weighted by Crippen LogP contribution is 2.12. The van der Waals surface area contributed by atoms with E-state index in [4.69, 9.17) is 9.47 Å². The molecule has 0 spiro atoms. The van der Waals surface area contributed by atoms with Crippen LogP contribution in [0, 0.1) is 0 Å². The standard InChI is InChI=1S/C7H14N2O5S2/c10-15-3-1-13-6-8(15)5-9-7-14-2-4-16(9,11)12/h1-7H2. The lowest BCUT2D eigenvalue weighted by atomic mass is 10.8. The molecule has 0 aliphatic carbocycles. The monoisotopic (exact) mass is 270 g/mol. The highest BCUT2D eigenvalue weighted by molar-refractivity contribution is 7.89. The van der Waals surface area contributed by atoms with Crippen LogP contribution >= 0.6 is 0 Å². The average Bonchev–Trinajstić information content (AvgIpc) is 2.24. The molecule has 0 saturated carbocycles. The fraction of sp³-hybridized carbons (Fsp3) is 1.00. The molecule has 2 heterocycles. The van der Waals surface area contributed by atoms with E-state index in [1.807, 2.05) is 0 Å². The van der Waals surface area contributed by atoms with Gasteiger partial charge < -0.3 is 9.47 Å². The molecule has 0 N–H and O–H groups in total. The van der Waals surface area contributed by atoms with Crippen molar-refractivity contribution in [2.75, 3.05) is 44.8 Å². The van der Waals surface area contributed by atoms with Gasteiger partial charge in [0.05, 0.1) is 42.4 Å². The Morgan fingerprint density at radius 1 is 1.19 bits per heavy atom. The third kappa shape index (κ3) is 2.79.